The van der Waals surface area contributed by atoms with Crippen LogP contribution in [-0.2, 0) is 0 Å². The Morgan fingerprint density at radius 1 is 0.909 bits per heavy atom. The Labute approximate surface area is 195 Å². The SMILES string of the molecule is CCCCOc1ccc(C(=O)Nc2cc(C(=O)N3CCN(C)CC3)ccc2OC)cc1OC. The van der Waals surface area contributed by atoms with Crippen LogP contribution in [0.25, 0.3) is 0 Å². The highest BCUT2D eigenvalue weighted by Crippen LogP contribution is 2.30. The number of ether oxygens (including phenoxy) is 3. The molecular formula is C25H33N3O5. The summed E-state index contributed by atoms with van der Waals surface area (Å²) < 4.78 is 16.6. The molecule has 0 radical (unpaired) electrons. The van der Waals surface area contributed by atoms with Gasteiger partial charge in [0.15, 0.2) is 11.5 Å². The van der Waals surface area contributed by atoms with Gasteiger partial charge in [-0.05, 0) is 49.9 Å². The average molecular weight is 456 g/mol. The number of carbonyl (C=O) groups excluding carboxylic acids is 2. The van der Waals surface area contributed by atoms with Crippen LogP contribution in [-0.4, -0.2) is 75.7 Å². The van der Waals surface area contributed by atoms with Crippen molar-refractivity contribution in [3.63, 3.8) is 0 Å². The lowest BCUT2D eigenvalue weighted by atomic mass is 10.1. The van der Waals surface area contributed by atoms with Gasteiger partial charge < -0.3 is 29.3 Å². The van der Waals surface area contributed by atoms with Crippen LogP contribution in [0.2, 0.25) is 0 Å². The summed E-state index contributed by atoms with van der Waals surface area (Å²) in [5.41, 5.74) is 1.35. The predicted octanol–water partition coefficient (Wildman–Crippen LogP) is 3.52. The maximum absolute atomic E-state index is 13.0. The van der Waals surface area contributed by atoms with E-state index in [2.05, 4.69) is 17.1 Å². The summed E-state index contributed by atoms with van der Waals surface area (Å²) in [5, 5.41) is 2.87. The molecule has 2 aromatic carbocycles. The van der Waals surface area contributed by atoms with E-state index in [9.17, 15) is 9.59 Å². The third kappa shape index (κ3) is 6.16. The minimum absolute atomic E-state index is 0.0588. The van der Waals surface area contributed by atoms with Gasteiger partial charge >= 0.3 is 0 Å². The Hall–Kier alpha value is -3.26. The maximum atomic E-state index is 13.0. The fraction of sp³-hybridized carbons (Fsp3) is 0.440. The zero-order valence-electron chi connectivity index (χ0n) is 19.8. The predicted molar refractivity (Wildman–Crippen MR) is 128 cm³/mol. The summed E-state index contributed by atoms with van der Waals surface area (Å²) in [6.07, 6.45) is 1.97. The second-order valence-corrected chi connectivity index (χ2v) is 8.03. The Balaban J connectivity index is 1.77. The minimum Gasteiger partial charge on any atom is -0.495 e. The van der Waals surface area contributed by atoms with E-state index in [4.69, 9.17) is 14.2 Å². The highest BCUT2D eigenvalue weighted by atomic mass is 16.5. The van der Waals surface area contributed by atoms with Gasteiger partial charge in [0.05, 0.1) is 26.5 Å². The number of amides is 2. The van der Waals surface area contributed by atoms with Crippen molar-refractivity contribution >= 4 is 17.5 Å². The molecule has 0 aromatic heterocycles. The summed E-state index contributed by atoms with van der Waals surface area (Å²) in [4.78, 5) is 30.0. The van der Waals surface area contributed by atoms with Gasteiger partial charge in [-0.2, -0.15) is 0 Å². The summed E-state index contributed by atoms with van der Waals surface area (Å²) in [5.74, 6) is 1.17. The molecule has 1 saturated heterocycles. The number of nitrogens with one attached hydrogen (secondary N) is 1. The molecule has 1 heterocycles. The molecule has 0 aliphatic carbocycles. The molecule has 33 heavy (non-hydrogen) atoms. The van der Waals surface area contributed by atoms with Crippen LogP contribution >= 0.6 is 0 Å². The van der Waals surface area contributed by atoms with Crippen LogP contribution in [0.4, 0.5) is 5.69 Å². The molecule has 178 valence electrons. The zero-order valence-corrected chi connectivity index (χ0v) is 19.8. The topological polar surface area (TPSA) is 80.3 Å². The van der Waals surface area contributed by atoms with Gasteiger partial charge in [-0.1, -0.05) is 13.3 Å². The lowest BCUT2D eigenvalue weighted by molar-refractivity contribution is 0.0664. The molecule has 1 fully saturated rings. The van der Waals surface area contributed by atoms with E-state index in [0.29, 0.717) is 53.8 Å². The zero-order chi connectivity index (χ0) is 23.8. The Bertz CT molecular complexity index is 971. The third-order valence-corrected chi connectivity index (χ3v) is 5.67. The summed E-state index contributed by atoms with van der Waals surface area (Å²) in [6, 6.07) is 10.1. The standard InChI is InChI=1S/C25H33N3O5/c1-5-6-15-33-22-10-7-18(17-23(22)32-4)24(29)26-20-16-19(8-9-21(20)31-3)25(30)28-13-11-27(2)12-14-28/h7-10,16-17H,5-6,11-15H2,1-4H3,(H,26,29). The third-order valence-electron chi connectivity index (χ3n) is 5.67. The number of likely N-dealkylation sites (N-methyl/N-ethyl adjacent to an activating group) is 1. The van der Waals surface area contributed by atoms with Gasteiger partial charge in [0.2, 0.25) is 0 Å². The quantitative estimate of drug-likeness (QED) is 0.583. The normalized spacial score (nSPS) is 14.0. The smallest absolute Gasteiger partial charge is 0.255 e. The molecule has 1 N–H and O–H groups in total. The van der Waals surface area contributed by atoms with E-state index in [-0.39, 0.29) is 11.8 Å². The molecule has 0 spiro atoms. The molecule has 8 nitrogen and oxygen atoms in total. The van der Waals surface area contributed by atoms with Gasteiger partial charge in [-0.15, -0.1) is 0 Å². The lowest BCUT2D eigenvalue weighted by Crippen LogP contribution is -2.47. The number of hydrogen-bond acceptors (Lipinski definition) is 6. The van der Waals surface area contributed by atoms with Crippen molar-refractivity contribution in [3.8, 4) is 17.2 Å². The molecule has 0 unspecified atom stereocenters. The summed E-state index contributed by atoms with van der Waals surface area (Å²) in [7, 11) is 5.11. The molecule has 0 saturated carbocycles. The molecule has 8 heteroatoms. The number of unbranched alkanes of at least 4 members (excludes halogenated alkanes) is 1. The van der Waals surface area contributed by atoms with Gasteiger partial charge in [-0.25, -0.2) is 0 Å². The van der Waals surface area contributed by atoms with Gasteiger partial charge in [-0.3, -0.25) is 9.59 Å². The second kappa shape index (κ2) is 11.6. The van der Waals surface area contributed by atoms with E-state index < -0.39 is 0 Å². The van der Waals surface area contributed by atoms with Gasteiger partial charge in [0.25, 0.3) is 11.8 Å². The Morgan fingerprint density at radius 2 is 1.58 bits per heavy atom. The Kier molecular flexibility index (Phi) is 8.54. The number of nitrogens with zero attached hydrogens (tertiary/aromatic N) is 2. The second-order valence-electron chi connectivity index (χ2n) is 8.03. The first-order chi connectivity index (χ1) is 16.0. The average Bonchev–Trinajstić information content (AvgIpc) is 2.84. The fourth-order valence-corrected chi connectivity index (χ4v) is 3.58. The van der Waals surface area contributed by atoms with E-state index in [1.807, 2.05) is 11.9 Å². The van der Waals surface area contributed by atoms with Crippen LogP contribution < -0.4 is 19.5 Å². The number of rotatable bonds is 9. The molecular weight excluding hydrogens is 422 g/mol. The summed E-state index contributed by atoms with van der Waals surface area (Å²) >= 11 is 0. The number of piperazine rings is 1. The number of anilines is 1. The first-order valence-corrected chi connectivity index (χ1v) is 11.2. The van der Waals surface area contributed by atoms with E-state index in [1.165, 1.54) is 7.11 Å². The highest BCUT2D eigenvalue weighted by molar-refractivity contribution is 6.06. The number of benzene rings is 2. The number of carbonyl (C=O) groups is 2. The largest absolute Gasteiger partial charge is 0.495 e. The molecule has 2 aromatic rings. The van der Waals surface area contributed by atoms with Gasteiger partial charge in [0, 0.05) is 37.3 Å². The van der Waals surface area contributed by atoms with Crippen LogP contribution in [0.5, 0.6) is 17.2 Å². The van der Waals surface area contributed by atoms with E-state index in [0.717, 1.165) is 25.9 Å². The Morgan fingerprint density at radius 3 is 2.24 bits per heavy atom. The highest BCUT2D eigenvalue weighted by Gasteiger charge is 2.22. The maximum Gasteiger partial charge on any atom is 0.255 e. The van der Waals surface area contributed by atoms with Crippen LogP contribution in [0.15, 0.2) is 36.4 Å². The van der Waals surface area contributed by atoms with Crippen molar-refractivity contribution in [3.05, 3.63) is 47.5 Å². The molecule has 1 aliphatic rings. The molecule has 0 atom stereocenters. The van der Waals surface area contributed by atoms with Crippen molar-refractivity contribution in [2.75, 3.05) is 59.4 Å². The van der Waals surface area contributed by atoms with E-state index in [1.54, 1.807) is 43.5 Å². The van der Waals surface area contributed by atoms with Crippen molar-refractivity contribution in [1.29, 1.82) is 0 Å². The fourth-order valence-electron chi connectivity index (χ4n) is 3.58. The first-order valence-electron chi connectivity index (χ1n) is 11.2. The number of methoxy groups -OCH3 is 2. The van der Waals surface area contributed by atoms with Crippen molar-refractivity contribution in [2.45, 2.75) is 19.8 Å². The van der Waals surface area contributed by atoms with Crippen molar-refractivity contribution in [2.24, 2.45) is 0 Å². The molecule has 2 amide bonds. The van der Waals surface area contributed by atoms with Crippen LogP contribution in [0.3, 0.4) is 0 Å². The molecule has 1 aliphatic heterocycles. The number of hydrogen-bond donors (Lipinski definition) is 1. The van der Waals surface area contributed by atoms with Crippen molar-refractivity contribution < 1.29 is 23.8 Å². The molecule has 3 rings (SSSR count). The van der Waals surface area contributed by atoms with E-state index >= 15 is 0 Å². The van der Waals surface area contributed by atoms with Crippen LogP contribution in [0, 0.1) is 0 Å². The monoisotopic (exact) mass is 455 g/mol. The minimum atomic E-state index is -0.337. The lowest BCUT2D eigenvalue weighted by Gasteiger charge is -2.32. The van der Waals surface area contributed by atoms with Crippen molar-refractivity contribution in [1.82, 2.24) is 9.80 Å². The van der Waals surface area contributed by atoms with Crippen LogP contribution in [0.1, 0.15) is 40.5 Å². The summed E-state index contributed by atoms with van der Waals surface area (Å²) in [6.45, 7) is 5.71. The van der Waals surface area contributed by atoms with Gasteiger partial charge in [0.1, 0.15) is 5.75 Å². The molecule has 0 bridgehead atoms. The first kappa shape index (κ1) is 24.4.